The average molecular weight is 229 g/mol. The summed E-state index contributed by atoms with van der Waals surface area (Å²) in [5.74, 6) is 0. The summed E-state index contributed by atoms with van der Waals surface area (Å²) in [7, 11) is 1.50. The molecular formula is C15H35N. The molecule has 0 saturated carbocycles. The smallest absolute Gasteiger partial charge is 0.0195 e. The first kappa shape index (κ1) is 18.3. The van der Waals surface area contributed by atoms with Crippen LogP contribution in [-0.2, 0) is 0 Å². The van der Waals surface area contributed by atoms with Crippen molar-refractivity contribution in [3.63, 3.8) is 0 Å². The molecule has 0 fully saturated rings. The molecule has 0 aromatic heterocycles. The van der Waals surface area contributed by atoms with Crippen LogP contribution in [0.2, 0.25) is 0 Å². The molecule has 0 atom stereocenters. The van der Waals surface area contributed by atoms with Crippen molar-refractivity contribution in [3.05, 3.63) is 0 Å². The molecule has 0 aliphatic rings. The van der Waals surface area contributed by atoms with Gasteiger partial charge in [0.05, 0.1) is 0 Å². The zero-order valence-corrected chi connectivity index (χ0v) is 12.1. The van der Waals surface area contributed by atoms with Crippen LogP contribution in [0, 0.1) is 0 Å². The number of hydrogen-bond acceptors (Lipinski definition) is 1. The van der Waals surface area contributed by atoms with Crippen LogP contribution in [0.15, 0.2) is 0 Å². The van der Waals surface area contributed by atoms with Crippen molar-refractivity contribution in [2.24, 2.45) is 5.73 Å². The van der Waals surface area contributed by atoms with Crippen LogP contribution in [0.3, 0.4) is 0 Å². The normalized spacial score (nSPS) is 9.75. The number of nitrogens with two attached hydrogens (primary N) is 1. The Hall–Kier alpha value is -0.0400. The summed E-state index contributed by atoms with van der Waals surface area (Å²) in [6.07, 6.45) is 17.4. The van der Waals surface area contributed by atoms with Gasteiger partial charge in [-0.1, -0.05) is 90.9 Å². The third-order valence-electron chi connectivity index (χ3n) is 2.96. The second-order valence-corrected chi connectivity index (χ2v) is 4.54. The van der Waals surface area contributed by atoms with E-state index >= 15 is 0 Å². The predicted octanol–water partition coefficient (Wildman–Crippen LogP) is 5.28. The van der Waals surface area contributed by atoms with Gasteiger partial charge in [0, 0.05) is 0 Å². The van der Waals surface area contributed by atoms with Crippen molar-refractivity contribution in [2.45, 2.75) is 90.9 Å². The summed E-state index contributed by atoms with van der Waals surface area (Å²) in [5, 5.41) is 0. The van der Waals surface area contributed by atoms with Crippen molar-refractivity contribution in [2.75, 3.05) is 7.05 Å². The molecule has 0 aromatic rings. The fraction of sp³-hybridized carbons (Fsp3) is 1.00. The summed E-state index contributed by atoms with van der Waals surface area (Å²) >= 11 is 0. The fourth-order valence-corrected chi connectivity index (χ4v) is 1.91. The van der Waals surface area contributed by atoms with E-state index in [1.165, 1.54) is 84.1 Å². The van der Waals surface area contributed by atoms with E-state index in [1.54, 1.807) is 0 Å². The monoisotopic (exact) mass is 229 g/mol. The Morgan fingerprint density at radius 2 is 0.625 bits per heavy atom. The average Bonchev–Trinajstić information content (AvgIpc) is 2.34. The highest BCUT2D eigenvalue weighted by Gasteiger charge is 1.91. The molecule has 1 heteroatoms. The largest absolute Gasteiger partial charge is 0.333 e. The first-order chi connectivity index (χ1) is 7.91. The van der Waals surface area contributed by atoms with E-state index < -0.39 is 0 Å². The van der Waals surface area contributed by atoms with E-state index in [0.29, 0.717) is 0 Å². The van der Waals surface area contributed by atoms with Crippen LogP contribution >= 0.6 is 0 Å². The predicted molar refractivity (Wildman–Crippen MR) is 76.9 cm³/mol. The van der Waals surface area contributed by atoms with E-state index in [-0.39, 0.29) is 0 Å². The van der Waals surface area contributed by atoms with Gasteiger partial charge in [-0.05, 0) is 7.05 Å². The van der Waals surface area contributed by atoms with Gasteiger partial charge < -0.3 is 5.73 Å². The highest BCUT2D eigenvalue weighted by atomic mass is 14.4. The van der Waals surface area contributed by atoms with Crippen molar-refractivity contribution in [1.82, 2.24) is 0 Å². The maximum Gasteiger partial charge on any atom is -0.0195 e. The highest BCUT2D eigenvalue weighted by Crippen LogP contribution is 2.11. The quantitative estimate of drug-likeness (QED) is 0.479. The maximum absolute atomic E-state index is 4.50. The van der Waals surface area contributed by atoms with Gasteiger partial charge in [-0.3, -0.25) is 0 Å². The van der Waals surface area contributed by atoms with E-state index in [1.807, 2.05) is 0 Å². The summed E-state index contributed by atoms with van der Waals surface area (Å²) in [5.41, 5.74) is 4.50. The summed E-state index contributed by atoms with van der Waals surface area (Å²) in [6, 6.07) is 0. The third-order valence-corrected chi connectivity index (χ3v) is 2.96. The fourth-order valence-electron chi connectivity index (χ4n) is 1.91. The van der Waals surface area contributed by atoms with Crippen LogP contribution < -0.4 is 5.73 Å². The first-order valence-electron chi connectivity index (χ1n) is 7.49. The Balaban J connectivity index is 0. The molecule has 0 bridgehead atoms. The first-order valence-corrected chi connectivity index (χ1v) is 7.49. The minimum absolute atomic E-state index is 1.37. The second kappa shape index (κ2) is 20.4. The number of unbranched alkanes of at least 4 members (excludes halogenated alkanes) is 11. The molecule has 0 rings (SSSR count). The number of hydrogen-bond donors (Lipinski definition) is 1. The van der Waals surface area contributed by atoms with Gasteiger partial charge in [0.15, 0.2) is 0 Å². The maximum atomic E-state index is 4.50. The SMILES string of the molecule is CCCCCCCCCCCCCC.CN. The number of rotatable bonds is 11. The van der Waals surface area contributed by atoms with Crippen molar-refractivity contribution >= 4 is 0 Å². The lowest BCUT2D eigenvalue weighted by Crippen LogP contribution is -1.81. The van der Waals surface area contributed by atoms with Crippen LogP contribution in [0.1, 0.15) is 90.9 Å². The molecule has 0 aliphatic heterocycles. The molecule has 0 unspecified atom stereocenters. The molecule has 2 N–H and O–H groups in total. The summed E-state index contributed by atoms with van der Waals surface area (Å²) in [6.45, 7) is 4.57. The summed E-state index contributed by atoms with van der Waals surface area (Å²) < 4.78 is 0. The topological polar surface area (TPSA) is 26.0 Å². The lowest BCUT2D eigenvalue weighted by atomic mass is 10.1. The molecule has 0 radical (unpaired) electrons. The minimum Gasteiger partial charge on any atom is -0.333 e. The van der Waals surface area contributed by atoms with Gasteiger partial charge in [0.1, 0.15) is 0 Å². The molecule has 0 saturated heterocycles. The Morgan fingerprint density at radius 3 is 0.812 bits per heavy atom. The van der Waals surface area contributed by atoms with Crippen LogP contribution in [0.4, 0.5) is 0 Å². The Morgan fingerprint density at radius 1 is 0.438 bits per heavy atom. The van der Waals surface area contributed by atoms with Gasteiger partial charge >= 0.3 is 0 Å². The van der Waals surface area contributed by atoms with Crippen molar-refractivity contribution in [3.8, 4) is 0 Å². The van der Waals surface area contributed by atoms with Gasteiger partial charge in [0.2, 0.25) is 0 Å². The molecule has 0 aliphatic carbocycles. The van der Waals surface area contributed by atoms with Gasteiger partial charge in [-0.25, -0.2) is 0 Å². The van der Waals surface area contributed by atoms with E-state index in [0.717, 1.165) is 0 Å². The Bertz CT molecular complexity index is 79.4. The van der Waals surface area contributed by atoms with Gasteiger partial charge in [-0.15, -0.1) is 0 Å². The molecule has 16 heavy (non-hydrogen) atoms. The van der Waals surface area contributed by atoms with Crippen LogP contribution in [-0.4, -0.2) is 7.05 Å². The van der Waals surface area contributed by atoms with Crippen molar-refractivity contribution in [1.29, 1.82) is 0 Å². The molecule has 100 valence electrons. The zero-order valence-electron chi connectivity index (χ0n) is 12.1. The Kier molecular flexibility index (Phi) is 23.3. The molecular weight excluding hydrogens is 194 g/mol. The zero-order chi connectivity index (χ0) is 12.5. The highest BCUT2D eigenvalue weighted by molar-refractivity contribution is 4.47. The lowest BCUT2D eigenvalue weighted by Gasteiger charge is -2.01. The molecule has 0 spiro atoms. The second-order valence-electron chi connectivity index (χ2n) is 4.54. The molecule has 1 nitrogen and oxygen atoms in total. The van der Waals surface area contributed by atoms with Gasteiger partial charge in [-0.2, -0.15) is 0 Å². The molecule has 0 amide bonds. The third kappa shape index (κ3) is 19.5. The van der Waals surface area contributed by atoms with Crippen LogP contribution in [0.25, 0.3) is 0 Å². The lowest BCUT2D eigenvalue weighted by molar-refractivity contribution is 0.548. The van der Waals surface area contributed by atoms with Crippen LogP contribution in [0.5, 0.6) is 0 Å². The molecule has 0 aromatic carbocycles. The summed E-state index contributed by atoms with van der Waals surface area (Å²) in [4.78, 5) is 0. The Labute approximate surface area is 104 Å². The van der Waals surface area contributed by atoms with E-state index in [4.69, 9.17) is 0 Å². The van der Waals surface area contributed by atoms with Crippen molar-refractivity contribution < 1.29 is 0 Å². The minimum atomic E-state index is 1.37. The van der Waals surface area contributed by atoms with E-state index in [2.05, 4.69) is 19.6 Å². The molecule has 0 heterocycles. The standard InChI is InChI=1S/C14H30.CH5N/c1-3-5-7-9-11-13-14-12-10-8-6-4-2;1-2/h3-14H2,1-2H3;2H2,1H3. The van der Waals surface area contributed by atoms with Gasteiger partial charge in [0.25, 0.3) is 0 Å². The van der Waals surface area contributed by atoms with E-state index in [9.17, 15) is 0 Å².